The molecule has 5 rings (SSSR count). The predicted molar refractivity (Wildman–Crippen MR) is 115 cm³/mol. The summed E-state index contributed by atoms with van der Waals surface area (Å²) >= 11 is 0. The van der Waals surface area contributed by atoms with Crippen molar-refractivity contribution in [1.29, 1.82) is 0 Å². The third kappa shape index (κ3) is 2.87. The van der Waals surface area contributed by atoms with Crippen molar-refractivity contribution < 1.29 is 34.8 Å². The molecular formula is C23H25N3O7. The van der Waals surface area contributed by atoms with Crippen LogP contribution in [0.25, 0.3) is 5.76 Å². The van der Waals surface area contributed by atoms with E-state index in [1.807, 2.05) is 0 Å². The van der Waals surface area contributed by atoms with Crippen LogP contribution in [0.3, 0.4) is 0 Å². The fourth-order valence-corrected chi connectivity index (χ4v) is 5.97. The van der Waals surface area contributed by atoms with Crippen molar-refractivity contribution in [3.05, 3.63) is 46.2 Å². The highest BCUT2D eigenvalue weighted by molar-refractivity contribution is 6.24. The summed E-state index contributed by atoms with van der Waals surface area (Å²) in [4.78, 5) is 41.0. The lowest BCUT2D eigenvalue weighted by atomic mass is 9.57. The number of amides is 1. The number of nitrogens with zero attached hydrogens (tertiary/aromatic N) is 1. The molecule has 1 heterocycles. The zero-order valence-corrected chi connectivity index (χ0v) is 17.7. The number of nitrogens with one attached hydrogen (secondary N) is 1. The molecular weight excluding hydrogens is 430 g/mol. The number of phenolic OH excluding ortho intramolecular Hbond substituents is 1. The van der Waals surface area contributed by atoms with Crippen molar-refractivity contribution in [3.63, 3.8) is 0 Å². The topological polar surface area (TPSA) is 173 Å². The molecule has 0 unspecified atom stereocenters. The van der Waals surface area contributed by atoms with Gasteiger partial charge in [0.15, 0.2) is 11.4 Å². The first-order chi connectivity index (χ1) is 15.7. The Hall–Kier alpha value is -3.21. The number of nitrogens with two attached hydrogens (primary N) is 1. The average Bonchev–Trinajstić information content (AvgIpc) is 2.77. The van der Waals surface area contributed by atoms with Gasteiger partial charge in [0.1, 0.15) is 22.8 Å². The van der Waals surface area contributed by atoms with Gasteiger partial charge in [-0.15, -0.1) is 0 Å². The molecule has 1 aromatic rings. The number of rotatable bonds is 2. The first-order valence-corrected chi connectivity index (χ1v) is 10.9. The van der Waals surface area contributed by atoms with Crippen molar-refractivity contribution >= 4 is 23.2 Å². The average molecular weight is 455 g/mol. The fraction of sp³-hybridized carbons (Fsp3) is 0.435. The molecule has 0 aromatic heterocycles. The Balaban J connectivity index is 1.71. The summed E-state index contributed by atoms with van der Waals surface area (Å²) in [7, 11) is 0. The van der Waals surface area contributed by atoms with Gasteiger partial charge in [0, 0.05) is 37.7 Å². The van der Waals surface area contributed by atoms with Gasteiger partial charge < -0.3 is 31.5 Å². The van der Waals surface area contributed by atoms with Crippen LogP contribution in [0.2, 0.25) is 0 Å². The Labute approximate surface area is 189 Å². The fourth-order valence-electron chi connectivity index (χ4n) is 5.97. The van der Waals surface area contributed by atoms with E-state index in [0.29, 0.717) is 38.2 Å². The maximum absolute atomic E-state index is 13.7. The summed E-state index contributed by atoms with van der Waals surface area (Å²) in [6, 6.07) is 3.71. The van der Waals surface area contributed by atoms with E-state index in [1.165, 1.54) is 6.07 Å². The Kier molecular flexibility index (Phi) is 4.85. The first kappa shape index (κ1) is 21.6. The van der Waals surface area contributed by atoms with Gasteiger partial charge in [-0.3, -0.25) is 19.3 Å². The number of fused-ring (bicyclic) bond motifs is 3. The van der Waals surface area contributed by atoms with Gasteiger partial charge >= 0.3 is 0 Å². The van der Waals surface area contributed by atoms with E-state index in [9.17, 15) is 34.8 Å². The van der Waals surface area contributed by atoms with E-state index in [0.717, 1.165) is 0 Å². The van der Waals surface area contributed by atoms with E-state index in [2.05, 4.69) is 5.32 Å². The number of hydrogen-bond donors (Lipinski definition) is 6. The monoisotopic (exact) mass is 455 g/mol. The van der Waals surface area contributed by atoms with Crippen LogP contribution < -0.4 is 11.1 Å². The number of carbonyl (C=O) groups excluding carboxylic acids is 3. The SMILES string of the molecule is NC(=O)C1=C(O)[C@@]2(O)C(=O)C3=C(O)c4c(O)cccc4C[C@H]3C[C@H]2[C@@H](N2CCNCC2)C1=O. The minimum absolute atomic E-state index is 0.100. The Morgan fingerprint density at radius 1 is 1.15 bits per heavy atom. The van der Waals surface area contributed by atoms with Gasteiger partial charge in [-0.1, -0.05) is 12.1 Å². The van der Waals surface area contributed by atoms with Crippen LogP contribution in [0.5, 0.6) is 5.75 Å². The van der Waals surface area contributed by atoms with Gasteiger partial charge in [0.05, 0.1) is 11.6 Å². The normalized spacial score (nSPS) is 32.3. The molecule has 10 heteroatoms. The quantitative estimate of drug-likeness (QED) is 0.315. The number of hydrogen-bond acceptors (Lipinski definition) is 9. The number of benzene rings is 1. The third-order valence-electron chi connectivity index (χ3n) is 7.45. The zero-order valence-electron chi connectivity index (χ0n) is 17.7. The van der Waals surface area contributed by atoms with Gasteiger partial charge in [0.25, 0.3) is 5.91 Å². The van der Waals surface area contributed by atoms with Crippen LogP contribution in [0, 0.1) is 11.8 Å². The molecule has 1 aromatic carbocycles. The molecule has 1 saturated heterocycles. The minimum Gasteiger partial charge on any atom is -0.508 e. The highest BCUT2D eigenvalue weighted by Crippen LogP contribution is 2.52. The van der Waals surface area contributed by atoms with Crippen LogP contribution in [0.15, 0.2) is 35.1 Å². The summed E-state index contributed by atoms with van der Waals surface area (Å²) in [5.74, 6) is -6.27. The van der Waals surface area contributed by atoms with Gasteiger partial charge in [-0.2, -0.15) is 0 Å². The lowest BCUT2D eigenvalue weighted by molar-refractivity contribution is -0.155. The van der Waals surface area contributed by atoms with E-state index in [4.69, 9.17) is 5.73 Å². The van der Waals surface area contributed by atoms with Gasteiger partial charge in [-0.05, 0) is 30.4 Å². The highest BCUT2D eigenvalue weighted by Gasteiger charge is 2.64. The van der Waals surface area contributed by atoms with E-state index >= 15 is 0 Å². The Morgan fingerprint density at radius 3 is 2.52 bits per heavy atom. The summed E-state index contributed by atoms with van der Waals surface area (Å²) in [5, 5.41) is 46.9. The van der Waals surface area contributed by atoms with Crippen LogP contribution in [-0.2, 0) is 20.8 Å². The van der Waals surface area contributed by atoms with Crippen molar-refractivity contribution in [1.82, 2.24) is 10.2 Å². The number of carbonyl (C=O) groups is 3. The van der Waals surface area contributed by atoms with Crippen LogP contribution in [-0.4, -0.2) is 80.6 Å². The maximum atomic E-state index is 13.7. The number of aliphatic hydroxyl groups excluding tert-OH is 2. The van der Waals surface area contributed by atoms with Crippen LogP contribution in [0.4, 0.5) is 0 Å². The Bertz CT molecular complexity index is 1150. The standard InChI is InChI=1S/C23H25N3O7/c24-22(32)16-19(29)17(26-6-4-25-5-7-26)12-9-11-8-10-2-1-3-13(27)14(10)18(28)15(11)20(30)23(12,33)21(16)31/h1-3,11-12,17,25,27-28,31,33H,4-9H2,(H2,24,32)/t11-,12-,17+,23-/m0/s1. The molecule has 4 atom stereocenters. The second-order valence-electron chi connectivity index (χ2n) is 9.10. The van der Waals surface area contributed by atoms with Gasteiger partial charge in [-0.25, -0.2) is 0 Å². The molecule has 3 aliphatic carbocycles. The molecule has 7 N–H and O–H groups in total. The lowest BCUT2D eigenvalue weighted by Crippen LogP contribution is -2.68. The number of ketones is 2. The second-order valence-corrected chi connectivity index (χ2v) is 9.10. The van der Waals surface area contributed by atoms with Crippen LogP contribution in [0.1, 0.15) is 17.5 Å². The Morgan fingerprint density at radius 2 is 1.85 bits per heavy atom. The highest BCUT2D eigenvalue weighted by atomic mass is 16.3. The van der Waals surface area contributed by atoms with E-state index < -0.39 is 58.0 Å². The number of aromatic hydroxyl groups is 1. The van der Waals surface area contributed by atoms with Crippen molar-refractivity contribution in [2.45, 2.75) is 24.5 Å². The van der Waals surface area contributed by atoms with Crippen molar-refractivity contribution in [2.75, 3.05) is 26.2 Å². The number of aliphatic hydroxyl groups is 3. The molecule has 1 aliphatic heterocycles. The zero-order chi connectivity index (χ0) is 23.7. The lowest BCUT2D eigenvalue weighted by Gasteiger charge is -2.51. The number of Topliss-reactive ketones (excluding diaryl/α,β-unsaturated/α-hetero) is 2. The van der Waals surface area contributed by atoms with Crippen molar-refractivity contribution in [3.8, 4) is 5.75 Å². The second kappa shape index (κ2) is 7.41. The van der Waals surface area contributed by atoms with Crippen molar-refractivity contribution in [2.24, 2.45) is 17.6 Å². The summed E-state index contributed by atoms with van der Waals surface area (Å²) in [5.41, 5.74) is 2.60. The molecule has 33 heavy (non-hydrogen) atoms. The first-order valence-electron chi connectivity index (χ1n) is 10.9. The molecule has 4 aliphatic rings. The molecule has 0 bridgehead atoms. The van der Waals surface area contributed by atoms with E-state index in [-0.39, 0.29) is 23.3 Å². The van der Waals surface area contributed by atoms with Gasteiger partial charge in [0.2, 0.25) is 5.78 Å². The third-order valence-corrected chi connectivity index (χ3v) is 7.45. The molecule has 1 saturated carbocycles. The largest absolute Gasteiger partial charge is 0.508 e. The van der Waals surface area contributed by atoms with E-state index in [1.54, 1.807) is 17.0 Å². The number of phenols is 1. The maximum Gasteiger partial charge on any atom is 0.255 e. The van der Waals surface area contributed by atoms with Crippen LogP contribution >= 0.6 is 0 Å². The summed E-state index contributed by atoms with van der Waals surface area (Å²) < 4.78 is 0. The summed E-state index contributed by atoms with van der Waals surface area (Å²) in [6.07, 6.45) is 0.407. The molecule has 2 fully saturated rings. The summed E-state index contributed by atoms with van der Waals surface area (Å²) in [6.45, 7) is 2.04. The molecule has 0 radical (unpaired) electrons. The molecule has 0 spiro atoms. The number of primary amides is 1. The molecule has 1 amide bonds. The predicted octanol–water partition coefficient (Wildman–Crippen LogP) is -0.692. The molecule has 174 valence electrons. The minimum atomic E-state index is -2.60. The smallest absolute Gasteiger partial charge is 0.255 e. The molecule has 10 nitrogen and oxygen atoms in total. The number of piperazine rings is 1.